The molecule has 1 aromatic heterocycles. The molecule has 1 aromatic rings. The molecule has 108 valence electrons. The number of pyridine rings is 1. The van der Waals surface area contributed by atoms with Crippen LogP contribution in [0.5, 0.6) is 0 Å². The molecule has 8 nitrogen and oxygen atoms in total. The van der Waals surface area contributed by atoms with Crippen molar-refractivity contribution in [3.63, 3.8) is 0 Å². The largest absolute Gasteiger partial charge is 0.468 e. The molecule has 0 saturated carbocycles. The number of rotatable bonds is 5. The van der Waals surface area contributed by atoms with Gasteiger partial charge in [-0.25, -0.2) is 4.98 Å². The van der Waals surface area contributed by atoms with Gasteiger partial charge in [0.1, 0.15) is 23.5 Å². The average Bonchev–Trinajstić information content (AvgIpc) is 2.43. The first-order chi connectivity index (χ1) is 9.40. The summed E-state index contributed by atoms with van der Waals surface area (Å²) in [6, 6.07) is 1.10. The first-order valence-electron chi connectivity index (χ1n) is 5.56. The van der Waals surface area contributed by atoms with Crippen LogP contribution in [0.4, 0.5) is 5.69 Å². The lowest BCUT2D eigenvalue weighted by Crippen LogP contribution is -2.36. The number of ether oxygens (including phenoxy) is 1. The minimum Gasteiger partial charge on any atom is -0.468 e. The van der Waals surface area contributed by atoms with Gasteiger partial charge in [0, 0.05) is 6.54 Å². The molecule has 0 N–H and O–H groups in total. The number of esters is 1. The third-order valence-electron chi connectivity index (χ3n) is 2.49. The van der Waals surface area contributed by atoms with E-state index < -0.39 is 22.5 Å². The summed E-state index contributed by atoms with van der Waals surface area (Å²) in [7, 11) is 1.19. The van der Waals surface area contributed by atoms with Crippen LogP contribution >= 0.6 is 11.6 Å². The zero-order valence-corrected chi connectivity index (χ0v) is 11.6. The Labute approximate surface area is 119 Å². The molecular weight excluding hydrogens is 290 g/mol. The molecule has 0 aliphatic rings. The van der Waals surface area contributed by atoms with E-state index in [4.69, 9.17) is 11.6 Å². The van der Waals surface area contributed by atoms with Crippen LogP contribution in [0.3, 0.4) is 0 Å². The predicted octanol–water partition coefficient (Wildman–Crippen LogP) is 1.28. The smallest absolute Gasteiger partial charge is 0.325 e. The van der Waals surface area contributed by atoms with Gasteiger partial charge in [0.2, 0.25) is 0 Å². The zero-order valence-electron chi connectivity index (χ0n) is 10.8. The van der Waals surface area contributed by atoms with Gasteiger partial charge >= 0.3 is 5.97 Å². The highest BCUT2D eigenvalue weighted by Gasteiger charge is 2.26. The first-order valence-corrected chi connectivity index (χ1v) is 5.94. The molecular formula is C11H12ClN3O5. The van der Waals surface area contributed by atoms with Crippen LogP contribution < -0.4 is 0 Å². The van der Waals surface area contributed by atoms with E-state index in [-0.39, 0.29) is 23.8 Å². The lowest BCUT2D eigenvalue weighted by molar-refractivity contribution is -0.385. The quantitative estimate of drug-likeness (QED) is 0.351. The SMILES string of the molecule is CCN(CC(=O)OC)C(=O)c1cc(Cl)ncc1[N+](=O)[O-]. The molecule has 0 fully saturated rings. The normalized spacial score (nSPS) is 9.95. The molecule has 0 aliphatic carbocycles. The Kier molecular flexibility index (Phi) is 5.39. The fraction of sp³-hybridized carbons (Fsp3) is 0.364. The standard InChI is InChI=1S/C11H12ClN3O5/c1-3-14(6-10(16)20-2)11(17)7-4-9(12)13-5-8(7)15(18)19/h4-5H,3,6H2,1-2H3. The van der Waals surface area contributed by atoms with Gasteiger partial charge in [0.15, 0.2) is 0 Å². The van der Waals surface area contributed by atoms with Crippen LogP contribution in [0, 0.1) is 10.1 Å². The lowest BCUT2D eigenvalue weighted by Gasteiger charge is -2.19. The molecule has 0 radical (unpaired) electrons. The molecule has 0 saturated heterocycles. The van der Waals surface area contributed by atoms with Crippen molar-refractivity contribution in [3.05, 3.63) is 33.1 Å². The first kappa shape index (κ1) is 15.8. The van der Waals surface area contributed by atoms with Crippen LogP contribution in [0.25, 0.3) is 0 Å². The van der Waals surface area contributed by atoms with E-state index in [0.717, 1.165) is 17.2 Å². The summed E-state index contributed by atoms with van der Waals surface area (Å²) in [6.07, 6.45) is 0.904. The number of halogens is 1. The monoisotopic (exact) mass is 301 g/mol. The number of nitrogens with zero attached hydrogens (tertiary/aromatic N) is 3. The van der Waals surface area contributed by atoms with Gasteiger partial charge in [0.05, 0.1) is 12.0 Å². The number of carbonyl (C=O) groups excluding carboxylic acids is 2. The summed E-state index contributed by atoms with van der Waals surface area (Å²) in [5, 5.41) is 10.8. The van der Waals surface area contributed by atoms with Crippen molar-refractivity contribution >= 4 is 29.2 Å². The summed E-state index contributed by atoms with van der Waals surface area (Å²) in [4.78, 5) is 38.3. The van der Waals surface area contributed by atoms with Crippen molar-refractivity contribution < 1.29 is 19.2 Å². The fourth-order valence-electron chi connectivity index (χ4n) is 1.46. The lowest BCUT2D eigenvalue weighted by atomic mass is 10.2. The second-order valence-electron chi connectivity index (χ2n) is 3.68. The number of methoxy groups -OCH3 is 1. The molecule has 0 unspecified atom stereocenters. The number of amides is 1. The highest BCUT2D eigenvalue weighted by Crippen LogP contribution is 2.22. The summed E-state index contributed by atoms with van der Waals surface area (Å²) in [6.45, 7) is 1.52. The van der Waals surface area contributed by atoms with E-state index in [1.807, 2.05) is 0 Å². The van der Waals surface area contributed by atoms with E-state index in [9.17, 15) is 19.7 Å². The maximum Gasteiger partial charge on any atom is 0.325 e. The van der Waals surface area contributed by atoms with E-state index in [0.29, 0.717) is 0 Å². The molecule has 1 heterocycles. The Bertz CT molecular complexity index is 549. The molecule has 1 rings (SSSR count). The number of likely N-dealkylation sites (N-methyl/N-ethyl adjacent to an activating group) is 1. The van der Waals surface area contributed by atoms with Crippen molar-refractivity contribution in [2.24, 2.45) is 0 Å². The molecule has 20 heavy (non-hydrogen) atoms. The van der Waals surface area contributed by atoms with E-state index in [1.54, 1.807) is 6.92 Å². The van der Waals surface area contributed by atoms with Gasteiger partial charge in [-0.3, -0.25) is 19.7 Å². The summed E-state index contributed by atoms with van der Waals surface area (Å²) in [5.74, 6) is -1.31. The van der Waals surface area contributed by atoms with E-state index in [1.165, 1.54) is 7.11 Å². The number of hydrogen-bond donors (Lipinski definition) is 0. The Morgan fingerprint density at radius 3 is 2.70 bits per heavy atom. The highest BCUT2D eigenvalue weighted by atomic mass is 35.5. The van der Waals surface area contributed by atoms with Crippen molar-refractivity contribution in [3.8, 4) is 0 Å². The van der Waals surface area contributed by atoms with Gasteiger partial charge in [-0.15, -0.1) is 0 Å². The average molecular weight is 302 g/mol. The van der Waals surface area contributed by atoms with Crippen LogP contribution in [0.15, 0.2) is 12.3 Å². The number of hydrogen-bond acceptors (Lipinski definition) is 6. The van der Waals surface area contributed by atoms with Crippen LogP contribution in [-0.2, 0) is 9.53 Å². The molecule has 0 spiro atoms. The van der Waals surface area contributed by atoms with Gasteiger partial charge < -0.3 is 9.64 Å². The maximum atomic E-state index is 12.2. The highest BCUT2D eigenvalue weighted by molar-refractivity contribution is 6.29. The van der Waals surface area contributed by atoms with Gasteiger partial charge in [-0.1, -0.05) is 11.6 Å². The van der Waals surface area contributed by atoms with Gasteiger partial charge in [-0.05, 0) is 13.0 Å². The molecule has 9 heteroatoms. The molecule has 0 bridgehead atoms. The number of nitro groups is 1. The summed E-state index contributed by atoms with van der Waals surface area (Å²) in [5.41, 5.74) is -0.691. The van der Waals surface area contributed by atoms with E-state index >= 15 is 0 Å². The third-order valence-corrected chi connectivity index (χ3v) is 2.70. The van der Waals surface area contributed by atoms with Crippen molar-refractivity contribution in [1.82, 2.24) is 9.88 Å². The molecule has 0 aromatic carbocycles. The summed E-state index contributed by atoms with van der Waals surface area (Å²) < 4.78 is 4.46. The zero-order chi connectivity index (χ0) is 15.3. The fourth-order valence-corrected chi connectivity index (χ4v) is 1.62. The maximum absolute atomic E-state index is 12.2. The number of aromatic nitrogens is 1. The second kappa shape index (κ2) is 6.80. The summed E-state index contributed by atoms with van der Waals surface area (Å²) >= 11 is 5.65. The number of carbonyl (C=O) groups is 2. The predicted molar refractivity (Wildman–Crippen MR) is 69.5 cm³/mol. The Hall–Kier alpha value is -2.22. The molecule has 0 aliphatic heterocycles. The molecule has 0 atom stereocenters. The van der Waals surface area contributed by atoms with Crippen molar-refractivity contribution in [1.29, 1.82) is 0 Å². The topological polar surface area (TPSA) is 103 Å². The second-order valence-corrected chi connectivity index (χ2v) is 4.06. The minimum atomic E-state index is -0.734. The Balaban J connectivity index is 3.14. The van der Waals surface area contributed by atoms with Gasteiger partial charge in [0.25, 0.3) is 11.6 Å². The van der Waals surface area contributed by atoms with Crippen LogP contribution in [-0.4, -0.2) is 46.9 Å². The van der Waals surface area contributed by atoms with Crippen LogP contribution in [0.1, 0.15) is 17.3 Å². The molecule has 1 amide bonds. The Morgan fingerprint density at radius 2 is 2.20 bits per heavy atom. The van der Waals surface area contributed by atoms with Crippen molar-refractivity contribution in [2.75, 3.05) is 20.2 Å². The minimum absolute atomic E-state index is 0.0481. The van der Waals surface area contributed by atoms with E-state index in [2.05, 4.69) is 9.72 Å². The van der Waals surface area contributed by atoms with Crippen molar-refractivity contribution in [2.45, 2.75) is 6.92 Å². The Morgan fingerprint density at radius 1 is 1.55 bits per heavy atom. The van der Waals surface area contributed by atoms with Gasteiger partial charge in [-0.2, -0.15) is 0 Å². The van der Waals surface area contributed by atoms with Crippen LogP contribution in [0.2, 0.25) is 5.15 Å². The third kappa shape index (κ3) is 3.64.